The largest absolute Gasteiger partial charge is 0.324 e. The van der Waals surface area contributed by atoms with Gasteiger partial charge in [-0.1, -0.05) is 46.2 Å². The zero-order chi connectivity index (χ0) is 20.3. The molecular weight excluding hydrogens is 480 g/mol. The number of anilines is 1. The molecule has 2 aromatic heterocycles. The molecule has 0 saturated heterocycles. The molecule has 0 atom stereocenters. The molecule has 0 aliphatic heterocycles. The van der Waals surface area contributed by atoms with Crippen LogP contribution in [0.15, 0.2) is 33.2 Å². The second-order valence-electron chi connectivity index (χ2n) is 6.05. The van der Waals surface area contributed by atoms with E-state index in [1.807, 2.05) is 6.07 Å². The van der Waals surface area contributed by atoms with E-state index in [2.05, 4.69) is 62.2 Å². The average Bonchev–Trinajstić information content (AvgIpc) is 3.24. The molecule has 9 heteroatoms. The van der Waals surface area contributed by atoms with Gasteiger partial charge in [0.15, 0.2) is 11.0 Å². The van der Waals surface area contributed by atoms with Crippen molar-refractivity contribution in [2.24, 2.45) is 0 Å². The highest BCUT2D eigenvalue weighted by Crippen LogP contribution is 2.32. The standard InChI is InChI=1S/C19H20BrClN4OS2/c1-4-13-11(3)27-9-14(13)18-23-24-19(25(18)5-2)28-10-17(26)22-16-7-6-12(20)8-15(16)21/h6-9H,4-5,10H2,1-3H3,(H,22,26). The number of nitrogens with one attached hydrogen (secondary N) is 1. The molecule has 0 spiro atoms. The summed E-state index contributed by atoms with van der Waals surface area (Å²) < 4.78 is 2.93. The summed E-state index contributed by atoms with van der Waals surface area (Å²) in [6, 6.07) is 5.36. The van der Waals surface area contributed by atoms with Crippen LogP contribution >= 0.6 is 50.6 Å². The number of carbonyl (C=O) groups excluding carboxylic acids is 1. The molecular formula is C19H20BrClN4OS2. The zero-order valence-corrected chi connectivity index (χ0v) is 19.7. The molecule has 2 heterocycles. The van der Waals surface area contributed by atoms with Gasteiger partial charge in [0.25, 0.3) is 0 Å². The van der Waals surface area contributed by atoms with E-state index in [0.717, 1.165) is 34.0 Å². The minimum atomic E-state index is -0.137. The van der Waals surface area contributed by atoms with E-state index in [0.29, 0.717) is 10.7 Å². The minimum absolute atomic E-state index is 0.137. The Morgan fingerprint density at radius 1 is 1.36 bits per heavy atom. The molecule has 0 unspecified atom stereocenters. The maximum absolute atomic E-state index is 12.3. The predicted molar refractivity (Wildman–Crippen MR) is 122 cm³/mol. The van der Waals surface area contributed by atoms with E-state index in [9.17, 15) is 4.79 Å². The van der Waals surface area contributed by atoms with Gasteiger partial charge in [-0.25, -0.2) is 0 Å². The monoisotopic (exact) mass is 498 g/mol. The predicted octanol–water partition coefficient (Wildman–Crippen LogP) is 6.04. The first-order valence-corrected chi connectivity index (χ1v) is 11.9. The summed E-state index contributed by atoms with van der Waals surface area (Å²) in [6.45, 7) is 7.08. The van der Waals surface area contributed by atoms with Crippen LogP contribution in [0.25, 0.3) is 11.4 Å². The molecule has 5 nitrogen and oxygen atoms in total. The van der Waals surface area contributed by atoms with Gasteiger partial charge in [-0.05, 0) is 44.0 Å². The Kier molecular flexibility index (Phi) is 7.20. The number of nitrogens with zero attached hydrogens (tertiary/aromatic N) is 3. The van der Waals surface area contributed by atoms with Crippen molar-refractivity contribution in [2.75, 3.05) is 11.1 Å². The molecule has 0 radical (unpaired) electrons. The van der Waals surface area contributed by atoms with Gasteiger partial charge in [0.05, 0.1) is 16.5 Å². The molecule has 0 fully saturated rings. The summed E-state index contributed by atoms with van der Waals surface area (Å²) in [7, 11) is 0. The fourth-order valence-corrected chi connectivity index (χ4v) is 5.36. The number of thiophene rings is 1. The number of amides is 1. The smallest absolute Gasteiger partial charge is 0.234 e. The van der Waals surface area contributed by atoms with Crippen LogP contribution in [0, 0.1) is 6.92 Å². The van der Waals surface area contributed by atoms with Gasteiger partial charge in [0.2, 0.25) is 5.91 Å². The summed E-state index contributed by atoms with van der Waals surface area (Å²) in [5.41, 5.74) is 3.04. The summed E-state index contributed by atoms with van der Waals surface area (Å²) in [5, 5.41) is 14.9. The van der Waals surface area contributed by atoms with Crippen LogP contribution in [-0.2, 0) is 17.8 Å². The Morgan fingerprint density at radius 3 is 2.82 bits per heavy atom. The Balaban J connectivity index is 1.73. The molecule has 0 aliphatic carbocycles. The van der Waals surface area contributed by atoms with Gasteiger partial charge in [0.1, 0.15) is 0 Å². The van der Waals surface area contributed by atoms with Crippen molar-refractivity contribution in [2.45, 2.75) is 38.9 Å². The van der Waals surface area contributed by atoms with Crippen LogP contribution in [0.5, 0.6) is 0 Å². The molecule has 1 aromatic carbocycles. The summed E-state index contributed by atoms with van der Waals surface area (Å²) in [4.78, 5) is 13.7. The topological polar surface area (TPSA) is 59.8 Å². The fourth-order valence-electron chi connectivity index (χ4n) is 2.89. The second-order valence-corrected chi connectivity index (χ2v) is 9.40. The zero-order valence-electron chi connectivity index (χ0n) is 15.8. The molecule has 1 N–H and O–H groups in total. The van der Waals surface area contributed by atoms with Crippen LogP contribution in [0.3, 0.4) is 0 Å². The van der Waals surface area contributed by atoms with E-state index in [4.69, 9.17) is 11.6 Å². The Morgan fingerprint density at radius 2 is 2.14 bits per heavy atom. The lowest BCUT2D eigenvalue weighted by molar-refractivity contribution is -0.113. The van der Waals surface area contributed by atoms with Crippen molar-refractivity contribution in [3.63, 3.8) is 0 Å². The molecule has 148 valence electrons. The van der Waals surface area contributed by atoms with Crippen molar-refractivity contribution in [3.8, 4) is 11.4 Å². The van der Waals surface area contributed by atoms with Gasteiger partial charge in [0, 0.05) is 26.8 Å². The van der Waals surface area contributed by atoms with Crippen molar-refractivity contribution >= 4 is 62.2 Å². The first-order valence-electron chi connectivity index (χ1n) is 8.82. The molecule has 3 aromatic rings. The Hall–Kier alpha value is -1.35. The third-order valence-electron chi connectivity index (χ3n) is 4.27. The highest BCUT2D eigenvalue weighted by molar-refractivity contribution is 9.10. The van der Waals surface area contributed by atoms with Crippen molar-refractivity contribution in [1.82, 2.24) is 14.8 Å². The molecule has 3 rings (SSSR count). The molecule has 1 amide bonds. The van der Waals surface area contributed by atoms with E-state index >= 15 is 0 Å². The number of aromatic nitrogens is 3. The quantitative estimate of drug-likeness (QED) is 0.402. The number of rotatable bonds is 7. The van der Waals surface area contributed by atoms with E-state index in [1.54, 1.807) is 23.5 Å². The number of halogens is 2. The van der Waals surface area contributed by atoms with Crippen LogP contribution in [0.2, 0.25) is 5.02 Å². The van der Waals surface area contributed by atoms with Gasteiger partial charge in [-0.15, -0.1) is 21.5 Å². The summed E-state index contributed by atoms with van der Waals surface area (Å²) in [6.07, 6.45) is 0.958. The average molecular weight is 500 g/mol. The van der Waals surface area contributed by atoms with Gasteiger partial charge >= 0.3 is 0 Å². The number of carbonyl (C=O) groups is 1. The lowest BCUT2D eigenvalue weighted by Gasteiger charge is -2.09. The summed E-state index contributed by atoms with van der Waals surface area (Å²) >= 11 is 12.6. The number of hydrogen-bond acceptors (Lipinski definition) is 5. The van der Waals surface area contributed by atoms with E-state index < -0.39 is 0 Å². The minimum Gasteiger partial charge on any atom is -0.324 e. The number of benzene rings is 1. The maximum Gasteiger partial charge on any atom is 0.234 e. The molecule has 0 bridgehead atoms. The van der Waals surface area contributed by atoms with Gasteiger partial charge < -0.3 is 9.88 Å². The van der Waals surface area contributed by atoms with Crippen LogP contribution < -0.4 is 5.32 Å². The van der Waals surface area contributed by atoms with Gasteiger partial charge in [-0.2, -0.15) is 0 Å². The number of aryl methyl sites for hydroxylation is 1. The molecule has 28 heavy (non-hydrogen) atoms. The van der Waals surface area contributed by atoms with E-state index in [1.165, 1.54) is 22.2 Å². The second kappa shape index (κ2) is 9.43. The lowest BCUT2D eigenvalue weighted by atomic mass is 10.1. The first kappa shape index (κ1) is 21.4. The van der Waals surface area contributed by atoms with Crippen molar-refractivity contribution < 1.29 is 4.79 Å². The van der Waals surface area contributed by atoms with Crippen LogP contribution in [0.1, 0.15) is 24.3 Å². The molecule has 0 saturated carbocycles. The summed E-state index contributed by atoms with van der Waals surface area (Å²) in [5.74, 6) is 0.956. The number of hydrogen-bond donors (Lipinski definition) is 1. The third kappa shape index (κ3) is 4.62. The van der Waals surface area contributed by atoms with Crippen LogP contribution in [-0.4, -0.2) is 26.4 Å². The SMILES string of the molecule is CCc1c(-c2nnc(SCC(=O)Nc3ccc(Br)cc3Cl)n2CC)csc1C. The molecule has 0 aliphatic rings. The fraction of sp³-hybridized carbons (Fsp3) is 0.316. The highest BCUT2D eigenvalue weighted by Gasteiger charge is 2.19. The van der Waals surface area contributed by atoms with Crippen molar-refractivity contribution in [3.05, 3.63) is 43.5 Å². The Labute approximate surface area is 186 Å². The third-order valence-corrected chi connectivity index (χ3v) is 6.99. The Bertz CT molecular complexity index is 1000. The van der Waals surface area contributed by atoms with E-state index in [-0.39, 0.29) is 11.7 Å². The highest BCUT2D eigenvalue weighted by atomic mass is 79.9. The first-order chi connectivity index (χ1) is 13.4. The van der Waals surface area contributed by atoms with Crippen LogP contribution in [0.4, 0.5) is 5.69 Å². The van der Waals surface area contributed by atoms with Gasteiger partial charge in [-0.3, -0.25) is 4.79 Å². The lowest BCUT2D eigenvalue weighted by Crippen LogP contribution is -2.15. The maximum atomic E-state index is 12.3. The normalized spacial score (nSPS) is 11.0. The number of thioether (sulfide) groups is 1. The van der Waals surface area contributed by atoms with Crippen molar-refractivity contribution in [1.29, 1.82) is 0 Å².